The predicted molar refractivity (Wildman–Crippen MR) is 135 cm³/mol. The number of hydrogen-bond donors (Lipinski definition) is 1. The van der Waals surface area contributed by atoms with Crippen LogP contribution in [-0.2, 0) is 28.9 Å². The highest BCUT2D eigenvalue weighted by atomic mass is 32.2. The number of thioether (sulfide) groups is 1. The zero-order chi connectivity index (χ0) is 23.4. The highest BCUT2D eigenvalue weighted by Gasteiger charge is 2.28. The van der Waals surface area contributed by atoms with E-state index in [2.05, 4.69) is 29.4 Å². The number of rotatable bonds is 4. The molecule has 1 aliphatic heterocycles. The van der Waals surface area contributed by atoms with Crippen LogP contribution in [-0.4, -0.2) is 43.7 Å². The van der Waals surface area contributed by atoms with Gasteiger partial charge in [0.05, 0.1) is 22.5 Å². The number of carbonyl (C=O) groups is 2. The molecule has 1 aliphatic carbocycles. The molecule has 0 saturated carbocycles. The lowest BCUT2D eigenvalue weighted by Gasteiger charge is -2.28. The second-order valence-electron chi connectivity index (χ2n) is 8.89. The number of aryl methyl sites for hydroxylation is 2. The smallest absolute Gasteiger partial charge is 0.244 e. The first-order valence-corrected chi connectivity index (χ1v) is 13.3. The van der Waals surface area contributed by atoms with Crippen LogP contribution < -0.4 is 10.2 Å². The number of thiophene rings is 1. The van der Waals surface area contributed by atoms with E-state index in [1.165, 1.54) is 33.5 Å². The molecule has 0 fully saturated rings. The van der Waals surface area contributed by atoms with Crippen LogP contribution in [0.3, 0.4) is 0 Å². The largest absolute Gasteiger partial charge is 0.323 e. The summed E-state index contributed by atoms with van der Waals surface area (Å²) in [6.45, 7) is 4.39. The fourth-order valence-electron chi connectivity index (χ4n) is 4.87. The first kappa shape index (κ1) is 21.5. The minimum absolute atomic E-state index is 0.0127. The summed E-state index contributed by atoms with van der Waals surface area (Å²) < 4.78 is 2.02. The van der Waals surface area contributed by atoms with Crippen molar-refractivity contribution in [2.75, 3.05) is 22.5 Å². The third-order valence-corrected chi connectivity index (χ3v) is 8.61. The van der Waals surface area contributed by atoms with E-state index in [1.807, 2.05) is 22.6 Å². The number of fused-ring (bicyclic) bond motifs is 6. The fourth-order valence-corrected chi connectivity index (χ4v) is 7.09. The van der Waals surface area contributed by atoms with E-state index in [1.54, 1.807) is 17.4 Å². The van der Waals surface area contributed by atoms with Gasteiger partial charge in [-0.15, -0.1) is 21.5 Å². The first-order valence-electron chi connectivity index (χ1n) is 11.5. The van der Waals surface area contributed by atoms with Crippen LogP contribution >= 0.6 is 23.1 Å². The SMILES string of the molecule is CCc1nc2sc3c(c2c2nnc(SCC(=O)N4CC(=O)Nc5ccccc54)n12)CCC(C)C3. The molecule has 10 heteroatoms. The Morgan fingerprint density at radius 3 is 3.00 bits per heavy atom. The van der Waals surface area contributed by atoms with Gasteiger partial charge >= 0.3 is 0 Å². The van der Waals surface area contributed by atoms with Crippen LogP contribution in [0.4, 0.5) is 11.4 Å². The van der Waals surface area contributed by atoms with Gasteiger partial charge in [-0.05, 0) is 42.9 Å². The zero-order valence-electron chi connectivity index (χ0n) is 19.0. The first-order chi connectivity index (χ1) is 16.5. The minimum Gasteiger partial charge on any atom is -0.323 e. The van der Waals surface area contributed by atoms with E-state index in [4.69, 9.17) is 4.98 Å². The van der Waals surface area contributed by atoms with Crippen molar-refractivity contribution >= 4 is 62.2 Å². The third-order valence-electron chi connectivity index (χ3n) is 6.55. The lowest BCUT2D eigenvalue weighted by Crippen LogP contribution is -2.43. The summed E-state index contributed by atoms with van der Waals surface area (Å²) in [4.78, 5) is 34.2. The van der Waals surface area contributed by atoms with Gasteiger partial charge in [-0.2, -0.15) is 0 Å². The van der Waals surface area contributed by atoms with Crippen molar-refractivity contribution in [3.8, 4) is 0 Å². The number of para-hydroxylation sites is 2. The summed E-state index contributed by atoms with van der Waals surface area (Å²) in [5.41, 5.74) is 3.58. The number of anilines is 2. The van der Waals surface area contributed by atoms with Crippen molar-refractivity contribution in [1.29, 1.82) is 0 Å². The molecule has 1 atom stereocenters. The zero-order valence-corrected chi connectivity index (χ0v) is 20.6. The molecule has 0 radical (unpaired) electrons. The monoisotopic (exact) mass is 492 g/mol. The Balaban J connectivity index is 1.34. The van der Waals surface area contributed by atoms with Crippen molar-refractivity contribution < 1.29 is 9.59 Å². The van der Waals surface area contributed by atoms with E-state index in [9.17, 15) is 9.59 Å². The Kier molecular flexibility index (Phi) is 5.29. The average molecular weight is 493 g/mol. The number of nitrogens with one attached hydrogen (secondary N) is 1. The van der Waals surface area contributed by atoms with Crippen molar-refractivity contribution in [3.63, 3.8) is 0 Å². The Morgan fingerprint density at radius 1 is 1.29 bits per heavy atom. The molecule has 0 saturated heterocycles. The highest BCUT2D eigenvalue weighted by Crippen LogP contribution is 2.40. The van der Waals surface area contributed by atoms with Gasteiger partial charge in [0, 0.05) is 11.3 Å². The number of amides is 2. The van der Waals surface area contributed by atoms with E-state index >= 15 is 0 Å². The van der Waals surface area contributed by atoms with Crippen LogP contribution in [0, 0.1) is 5.92 Å². The molecule has 4 heterocycles. The van der Waals surface area contributed by atoms with Gasteiger partial charge in [-0.25, -0.2) is 4.98 Å². The Hall–Kier alpha value is -2.98. The molecular formula is C24H24N6O2S2. The van der Waals surface area contributed by atoms with Crippen LogP contribution in [0.15, 0.2) is 29.4 Å². The fraction of sp³-hybridized carbons (Fsp3) is 0.375. The molecule has 1 aromatic carbocycles. The topological polar surface area (TPSA) is 92.5 Å². The van der Waals surface area contributed by atoms with Gasteiger partial charge in [-0.3, -0.25) is 14.0 Å². The maximum atomic E-state index is 13.1. The summed E-state index contributed by atoms with van der Waals surface area (Å²) in [7, 11) is 0. The van der Waals surface area contributed by atoms with Gasteiger partial charge in [0.25, 0.3) is 0 Å². The van der Waals surface area contributed by atoms with Gasteiger partial charge < -0.3 is 10.2 Å². The van der Waals surface area contributed by atoms with E-state index in [0.717, 1.165) is 46.6 Å². The Labute approximate surface area is 204 Å². The lowest BCUT2D eigenvalue weighted by atomic mass is 9.89. The summed E-state index contributed by atoms with van der Waals surface area (Å²) in [5.74, 6) is 1.42. The molecule has 2 aliphatic rings. The van der Waals surface area contributed by atoms with E-state index < -0.39 is 0 Å². The molecule has 0 spiro atoms. The van der Waals surface area contributed by atoms with Crippen molar-refractivity contribution in [2.24, 2.45) is 5.92 Å². The molecule has 6 rings (SSSR count). The van der Waals surface area contributed by atoms with Crippen LogP contribution in [0.25, 0.3) is 15.9 Å². The Morgan fingerprint density at radius 2 is 2.15 bits per heavy atom. The highest BCUT2D eigenvalue weighted by molar-refractivity contribution is 7.99. The molecule has 1 unspecified atom stereocenters. The van der Waals surface area contributed by atoms with E-state index in [0.29, 0.717) is 16.8 Å². The molecule has 1 N–H and O–H groups in total. The maximum absolute atomic E-state index is 13.1. The number of aromatic nitrogens is 4. The van der Waals surface area contributed by atoms with Crippen LogP contribution in [0.1, 0.15) is 36.5 Å². The molecule has 174 valence electrons. The number of hydrogen-bond acceptors (Lipinski definition) is 7. The molecular weight excluding hydrogens is 468 g/mol. The number of carbonyl (C=O) groups excluding carboxylic acids is 2. The van der Waals surface area contributed by atoms with Crippen molar-refractivity contribution in [1.82, 2.24) is 19.6 Å². The van der Waals surface area contributed by atoms with Crippen molar-refractivity contribution in [2.45, 2.75) is 44.7 Å². The molecule has 4 aromatic rings. The lowest BCUT2D eigenvalue weighted by molar-refractivity contribution is -0.120. The van der Waals surface area contributed by atoms with Gasteiger partial charge in [0.2, 0.25) is 11.8 Å². The van der Waals surface area contributed by atoms with Gasteiger partial charge in [0.1, 0.15) is 17.2 Å². The summed E-state index contributed by atoms with van der Waals surface area (Å²) >= 11 is 3.13. The summed E-state index contributed by atoms with van der Waals surface area (Å²) in [5, 5.41) is 13.6. The summed E-state index contributed by atoms with van der Waals surface area (Å²) in [6, 6.07) is 7.36. The maximum Gasteiger partial charge on any atom is 0.244 e. The number of benzene rings is 1. The van der Waals surface area contributed by atoms with Crippen LogP contribution in [0.5, 0.6) is 0 Å². The third kappa shape index (κ3) is 3.47. The number of nitrogens with zero attached hydrogens (tertiary/aromatic N) is 5. The normalized spacial score (nSPS) is 17.6. The molecule has 3 aromatic heterocycles. The molecule has 0 bridgehead atoms. The van der Waals surface area contributed by atoms with Gasteiger partial charge in [-0.1, -0.05) is 37.7 Å². The second kappa shape index (κ2) is 8.35. The second-order valence-corrected chi connectivity index (χ2v) is 10.9. The Bertz CT molecular complexity index is 1460. The quantitative estimate of drug-likeness (QED) is 0.431. The van der Waals surface area contributed by atoms with Crippen molar-refractivity contribution in [3.05, 3.63) is 40.5 Å². The predicted octanol–water partition coefficient (Wildman–Crippen LogP) is 4.10. The molecule has 2 amide bonds. The average Bonchev–Trinajstić information content (AvgIpc) is 3.41. The van der Waals surface area contributed by atoms with E-state index in [-0.39, 0.29) is 24.1 Å². The summed E-state index contributed by atoms with van der Waals surface area (Å²) in [6.07, 6.45) is 4.06. The van der Waals surface area contributed by atoms with Gasteiger partial charge in [0.15, 0.2) is 10.8 Å². The van der Waals surface area contributed by atoms with Crippen LogP contribution in [0.2, 0.25) is 0 Å². The molecule has 34 heavy (non-hydrogen) atoms. The standard InChI is InChI=1S/C24H24N6O2S2/c1-3-18-26-23-21(14-9-8-13(2)10-17(14)34-23)22-27-28-24(30(18)22)33-12-20(32)29-11-19(31)25-15-6-4-5-7-16(15)29/h4-7,13H,3,8-12H2,1-2H3,(H,25,31). The molecule has 8 nitrogen and oxygen atoms in total. The minimum atomic E-state index is -0.193.